The van der Waals surface area contributed by atoms with Crippen molar-refractivity contribution in [3.05, 3.63) is 23.8 Å². The maximum absolute atomic E-state index is 12.3. The van der Waals surface area contributed by atoms with E-state index in [1.54, 1.807) is 18.2 Å². The second-order valence-corrected chi connectivity index (χ2v) is 7.47. The summed E-state index contributed by atoms with van der Waals surface area (Å²) in [6.45, 7) is 1.65. The molecule has 1 aromatic rings. The summed E-state index contributed by atoms with van der Waals surface area (Å²) in [6, 6.07) is 4.80. The number of nitrogens with one attached hydrogen (secondary N) is 2. The summed E-state index contributed by atoms with van der Waals surface area (Å²) in [6.07, 6.45) is 3.04. The lowest BCUT2D eigenvalue weighted by Crippen LogP contribution is -2.49. The molecular formula is C14H19ClN2O4S. The monoisotopic (exact) mass is 346 g/mol. The Kier molecular flexibility index (Phi) is 4.70. The molecule has 2 aliphatic heterocycles. The lowest BCUT2D eigenvalue weighted by molar-refractivity contribution is 0.0188. The van der Waals surface area contributed by atoms with Crippen LogP contribution in [0, 0.1) is 0 Å². The predicted octanol–water partition coefficient (Wildman–Crippen LogP) is 1.57. The van der Waals surface area contributed by atoms with Crippen molar-refractivity contribution in [1.29, 1.82) is 0 Å². The molecular weight excluding hydrogens is 328 g/mol. The minimum absolute atomic E-state index is 0. The van der Waals surface area contributed by atoms with Crippen molar-refractivity contribution >= 4 is 33.9 Å². The van der Waals surface area contributed by atoms with Gasteiger partial charge in [-0.3, -0.25) is 9.52 Å². The van der Waals surface area contributed by atoms with Gasteiger partial charge in [0.15, 0.2) is 5.78 Å². The van der Waals surface area contributed by atoms with Gasteiger partial charge in [0.1, 0.15) is 11.4 Å². The second-order valence-electron chi connectivity index (χ2n) is 5.72. The Morgan fingerprint density at radius 2 is 1.95 bits per heavy atom. The van der Waals surface area contributed by atoms with Gasteiger partial charge in [0.25, 0.3) is 0 Å². The van der Waals surface area contributed by atoms with Crippen LogP contribution in [0.2, 0.25) is 0 Å². The molecule has 2 N–H and O–H groups in total. The number of Topliss-reactive ketones (excluding diaryl/α,β-unsaturated/α-hetero) is 1. The van der Waals surface area contributed by atoms with Crippen molar-refractivity contribution in [3.63, 3.8) is 0 Å². The first kappa shape index (κ1) is 17.1. The van der Waals surface area contributed by atoms with E-state index in [9.17, 15) is 13.2 Å². The van der Waals surface area contributed by atoms with Crippen LogP contribution in [0.4, 0.5) is 5.69 Å². The molecule has 1 fully saturated rings. The Bertz CT molecular complexity index is 684. The summed E-state index contributed by atoms with van der Waals surface area (Å²) in [5.41, 5.74) is 0.493. The fourth-order valence-corrected chi connectivity index (χ4v) is 3.49. The van der Waals surface area contributed by atoms with Crippen molar-refractivity contribution in [2.45, 2.75) is 24.9 Å². The third kappa shape index (κ3) is 3.53. The molecule has 2 aliphatic rings. The number of carbonyl (C=O) groups excluding carboxylic acids is 1. The van der Waals surface area contributed by atoms with E-state index in [1.165, 1.54) is 0 Å². The van der Waals surface area contributed by atoms with Crippen molar-refractivity contribution in [1.82, 2.24) is 5.32 Å². The van der Waals surface area contributed by atoms with E-state index in [2.05, 4.69) is 10.0 Å². The van der Waals surface area contributed by atoms with Crippen LogP contribution >= 0.6 is 12.4 Å². The number of ketones is 1. The van der Waals surface area contributed by atoms with E-state index in [-0.39, 0.29) is 18.2 Å². The summed E-state index contributed by atoms with van der Waals surface area (Å²) in [5, 5.41) is 3.25. The highest BCUT2D eigenvalue weighted by Crippen LogP contribution is 2.39. The number of fused-ring (bicyclic) bond motifs is 1. The van der Waals surface area contributed by atoms with E-state index in [1.807, 2.05) is 0 Å². The van der Waals surface area contributed by atoms with Crippen molar-refractivity contribution in [2.24, 2.45) is 0 Å². The summed E-state index contributed by atoms with van der Waals surface area (Å²) in [7, 11) is -3.35. The molecule has 0 atom stereocenters. The Morgan fingerprint density at radius 1 is 1.27 bits per heavy atom. The zero-order valence-electron chi connectivity index (χ0n) is 12.2. The first-order valence-electron chi connectivity index (χ1n) is 6.92. The normalized spacial score (nSPS) is 19.8. The summed E-state index contributed by atoms with van der Waals surface area (Å²) in [4.78, 5) is 12.3. The van der Waals surface area contributed by atoms with Gasteiger partial charge in [-0.15, -0.1) is 12.4 Å². The van der Waals surface area contributed by atoms with Gasteiger partial charge in [0.2, 0.25) is 10.0 Å². The third-order valence-corrected chi connectivity index (χ3v) is 4.52. The van der Waals surface area contributed by atoms with Crippen LogP contribution in [-0.4, -0.2) is 39.1 Å². The second kappa shape index (κ2) is 6.06. The molecule has 122 valence electrons. The van der Waals surface area contributed by atoms with E-state index in [0.29, 0.717) is 23.4 Å². The molecule has 2 heterocycles. The molecule has 0 unspecified atom stereocenters. The molecule has 0 aliphatic carbocycles. The Balaban J connectivity index is 0.00000176. The quantitative estimate of drug-likeness (QED) is 0.849. The molecule has 22 heavy (non-hydrogen) atoms. The van der Waals surface area contributed by atoms with Crippen molar-refractivity contribution in [3.8, 4) is 5.75 Å². The van der Waals surface area contributed by atoms with E-state index >= 15 is 0 Å². The van der Waals surface area contributed by atoms with Crippen LogP contribution in [0.15, 0.2) is 18.2 Å². The molecule has 1 saturated heterocycles. The van der Waals surface area contributed by atoms with Gasteiger partial charge >= 0.3 is 0 Å². The highest BCUT2D eigenvalue weighted by Gasteiger charge is 2.41. The molecule has 8 heteroatoms. The van der Waals surface area contributed by atoms with E-state index in [0.717, 1.165) is 32.2 Å². The highest BCUT2D eigenvalue weighted by atomic mass is 35.5. The van der Waals surface area contributed by atoms with Gasteiger partial charge in [-0.1, -0.05) is 0 Å². The molecule has 1 aromatic carbocycles. The number of ether oxygens (including phenoxy) is 1. The van der Waals surface area contributed by atoms with E-state index in [4.69, 9.17) is 4.74 Å². The molecule has 0 radical (unpaired) electrons. The fourth-order valence-electron chi connectivity index (χ4n) is 2.93. The predicted molar refractivity (Wildman–Crippen MR) is 86.6 cm³/mol. The summed E-state index contributed by atoms with van der Waals surface area (Å²) < 4.78 is 31.1. The molecule has 3 rings (SSSR count). The number of rotatable bonds is 2. The van der Waals surface area contributed by atoms with Crippen molar-refractivity contribution < 1.29 is 17.9 Å². The zero-order valence-corrected chi connectivity index (χ0v) is 13.9. The lowest BCUT2D eigenvalue weighted by Gasteiger charge is -2.41. The van der Waals surface area contributed by atoms with Crippen LogP contribution in [0.25, 0.3) is 0 Å². The van der Waals surface area contributed by atoms with Gasteiger partial charge in [-0.25, -0.2) is 8.42 Å². The van der Waals surface area contributed by atoms with Gasteiger partial charge < -0.3 is 10.1 Å². The van der Waals surface area contributed by atoms with Crippen LogP contribution in [0.5, 0.6) is 5.75 Å². The summed E-state index contributed by atoms with van der Waals surface area (Å²) in [5.74, 6) is 0.533. The minimum atomic E-state index is -3.35. The molecule has 0 aromatic heterocycles. The summed E-state index contributed by atoms with van der Waals surface area (Å²) >= 11 is 0. The van der Waals surface area contributed by atoms with E-state index < -0.39 is 15.6 Å². The smallest absolute Gasteiger partial charge is 0.229 e. The number of carbonyl (C=O) groups is 1. The average molecular weight is 347 g/mol. The fraction of sp³-hybridized carbons (Fsp3) is 0.500. The number of hydrogen-bond donors (Lipinski definition) is 2. The van der Waals surface area contributed by atoms with Crippen LogP contribution in [-0.2, 0) is 10.0 Å². The molecule has 0 amide bonds. The zero-order chi connectivity index (χ0) is 15.1. The number of hydrogen-bond acceptors (Lipinski definition) is 5. The first-order chi connectivity index (χ1) is 9.87. The van der Waals surface area contributed by atoms with Crippen LogP contribution in [0.3, 0.4) is 0 Å². The first-order valence-corrected chi connectivity index (χ1v) is 8.81. The third-order valence-electron chi connectivity index (χ3n) is 3.91. The topological polar surface area (TPSA) is 84.5 Å². The lowest BCUT2D eigenvalue weighted by atomic mass is 9.83. The SMILES string of the molecule is CS(=O)(=O)Nc1ccc2c(c1)OC1(CCNCC1)CC2=O.Cl. The van der Waals surface area contributed by atoms with Crippen LogP contribution < -0.4 is 14.8 Å². The molecule has 6 nitrogen and oxygen atoms in total. The molecule has 0 bridgehead atoms. The number of sulfonamides is 1. The van der Waals surface area contributed by atoms with Crippen LogP contribution in [0.1, 0.15) is 29.6 Å². The van der Waals surface area contributed by atoms with Gasteiger partial charge in [0, 0.05) is 18.9 Å². The van der Waals surface area contributed by atoms with Gasteiger partial charge in [-0.05, 0) is 25.2 Å². The standard InChI is InChI=1S/C14H18N2O4S.ClH/c1-21(18,19)16-10-2-3-11-12(17)9-14(20-13(11)8-10)4-6-15-7-5-14;/h2-3,8,15-16H,4-7,9H2,1H3;1H. The Hall–Kier alpha value is -1.31. The largest absolute Gasteiger partial charge is 0.486 e. The average Bonchev–Trinajstić information content (AvgIpc) is 2.37. The molecule has 1 spiro atoms. The number of benzene rings is 1. The number of anilines is 1. The maximum atomic E-state index is 12.3. The minimum Gasteiger partial charge on any atom is -0.486 e. The number of piperidine rings is 1. The van der Waals surface area contributed by atoms with Gasteiger partial charge in [0.05, 0.1) is 23.9 Å². The Morgan fingerprint density at radius 3 is 2.59 bits per heavy atom. The number of halogens is 1. The Labute approximate surface area is 136 Å². The van der Waals surface area contributed by atoms with Crippen molar-refractivity contribution in [2.75, 3.05) is 24.1 Å². The molecule has 0 saturated carbocycles. The maximum Gasteiger partial charge on any atom is 0.229 e. The van der Waals surface area contributed by atoms with Gasteiger partial charge in [-0.2, -0.15) is 0 Å². The highest BCUT2D eigenvalue weighted by molar-refractivity contribution is 7.92.